The molecule has 1 aromatic rings. The van der Waals surface area contributed by atoms with Crippen molar-refractivity contribution >= 4 is 5.97 Å². The molecule has 0 bridgehead atoms. The van der Waals surface area contributed by atoms with Gasteiger partial charge in [0.05, 0.1) is 19.3 Å². The second kappa shape index (κ2) is 2.60. The van der Waals surface area contributed by atoms with Crippen molar-refractivity contribution in [3.8, 4) is 0 Å². The van der Waals surface area contributed by atoms with E-state index in [-0.39, 0.29) is 5.89 Å². The van der Waals surface area contributed by atoms with Crippen molar-refractivity contribution in [1.29, 1.82) is 0 Å². The van der Waals surface area contributed by atoms with Gasteiger partial charge in [-0.15, -0.1) is 0 Å². The maximum atomic E-state index is 10.9. The molecule has 0 saturated carbocycles. The summed E-state index contributed by atoms with van der Waals surface area (Å²) in [6.45, 7) is 1.30. The van der Waals surface area contributed by atoms with Crippen LogP contribution in [0.3, 0.4) is 0 Å². The van der Waals surface area contributed by atoms with E-state index in [2.05, 4.69) is 15.0 Å². The first-order valence-electron chi connectivity index (χ1n) is 3.59. The summed E-state index contributed by atoms with van der Waals surface area (Å²) in [6.07, 6.45) is 0. The summed E-state index contributed by atoms with van der Waals surface area (Å²) in [7, 11) is 1.30. The molecule has 5 nitrogen and oxygen atoms in total. The Balaban J connectivity index is 2.31. The number of hydrogen-bond donors (Lipinski definition) is 1. The van der Waals surface area contributed by atoms with Gasteiger partial charge in [-0.05, 0) is 0 Å². The van der Waals surface area contributed by atoms with Crippen LogP contribution in [0.1, 0.15) is 22.1 Å². The fraction of sp³-hybridized carbons (Fsp3) is 0.429. The molecule has 1 N–H and O–H groups in total. The molecule has 1 aliphatic rings. The molecule has 0 fully saturated rings. The Bertz CT molecular complexity index is 297. The van der Waals surface area contributed by atoms with Crippen molar-refractivity contribution in [2.24, 2.45) is 0 Å². The molecule has 0 aliphatic carbocycles. The number of nitrogens with zero attached hydrogens (tertiary/aromatic N) is 1. The van der Waals surface area contributed by atoms with Crippen LogP contribution in [0.2, 0.25) is 0 Å². The number of fused-ring (bicyclic) bond motifs is 1. The minimum atomic E-state index is -0.524. The first-order valence-corrected chi connectivity index (χ1v) is 3.59. The van der Waals surface area contributed by atoms with Crippen molar-refractivity contribution in [3.05, 3.63) is 17.3 Å². The minimum Gasteiger partial charge on any atom is -0.462 e. The number of aromatic nitrogens is 1. The summed E-state index contributed by atoms with van der Waals surface area (Å²) in [5.74, 6) is 0.254. The summed E-state index contributed by atoms with van der Waals surface area (Å²) in [5, 5.41) is 3.04. The second-order valence-electron chi connectivity index (χ2n) is 2.48. The number of esters is 1. The summed E-state index contributed by atoms with van der Waals surface area (Å²) in [4.78, 5) is 14.9. The van der Waals surface area contributed by atoms with Crippen LogP contribution in [0.5, 0.6) is 0 Å². The number of carbonyl (C=O) groups excluding carboxylic acids is 1. The molecule has 0 radical (unpaired) electrons. The summed E-state index contributed by atoms with van der Waals surface area (Å²) >= 11 is 0. The molecule has 0 atom stereocenters. The van der Waals surface area contributed by atoms with Gasteiger partial charge >= 0.3 is 11.9 Å². The van der Waals surface area contributed by atoms with Crippen LogP contribution in [-0.4, -0.2) is 18.1 Å². The van der Waals surface area contributed by atoms with Gasteiger partial charge in [-0.2, -0.15) is 0 Å². The van der Waals surface area contributed by atoms with Gasteiger partial charge < -0.3 is 14.5 Å². The van der Waals surface area contributed by atoms with E-state index in [4.69, 9.17) is 4.42 Å². The molecule has 2 rings (SSSR count). The Kier molecular flexibility index (Phi) is 1.58. The zero-order valence-electron chi connectivity index (χ0n) is 6.59. The van der Waals surface area contributed by atoms with Crippen LogP contribution in [0.15, 0.2) is 4.42 Å². The largest absolute Gasteiger partial charge is 0.462 e. The highest BCUT2D eigenvalue weighted by atomic mass is 16.5. The molecule has 5 heteroatoms. The molecule has 0 aromatic carbocycles. The highest BCUT2D eigenvalue weighted by molar-refractivity contribution is 5.84. The molecular formula is C7H8N2O3. The lowest BCUT2D eigenvalue weighted by Gasteiger charge is -1.91. The zero-order valence-corrected chi connectivity index (χ0v) is 6.59. The smallest absolute Gasteiger partial charge is 0.394 e. The van der Waals surface area contributed by atoms with E-state index < -0.39 is 5.97 Å². The van der Waals surface area contributed by atoms with Crippen LogP contribution in [0.25, 0.3) is 0 Å². The van der Waals surface area contributed by atoms with Gasteiger partial charge in [0.1, 0.15) is 5.76 Å². The Morgan fingerprint density at radius 1 is 1.67 bits per heavy atom. The van der Waals surface area contributed by atoms with E-state index in [0.29, 0.717) is 13.1 Å². The third-order valence-electron chi connectivity index (χ3n) is 1.72. The zero-order chi connectivity index (χ0) is 8.55. The predicted octanol–water partition coefficient (Wildman–Crippen LogP) is 0.0644. The molecule has 12 heavy (non-hydrogen) atoms. The van der Waals surface area contributed by atoms with Crippen molar-refractivity contribution in [2.75, 3.05) is 7.11 Å². The van der Waals surface area contributed by atoms with E-state index in [1.54, 1.807) is 0 Å². The highest BCUT2D eigenvalue weighted by Crippen LogP contribution is 2.16. The van der Waals surface area contributed by atoms with E-state index >= 15 is 0 Å². The number of hydrogen-bond acceptors (Lipinski definition) is 5. The Hall–Kier alpha value is -1.36. The monoisotopic (exact) mass is 168 g/mol. The van der Waals surface area contributed by atoms with Gasteiger partial charge in [0.25, 0.3) is 0 Å². The lowest BCUT2D eigenvalue weighted by molar-refractivity contribution is 0.0553. The molecular weight excluding hydrogens is 160 g/mol. The van der Waals surface area contributed by atoms with Crippen LogP contribution in [0, 0.1) is 0 Å². The van der Waals surface area contributed by atoms with Crippen LogP contribution in [-0.2, 0) is 17.8 Å². The van der Waals surface area contributed by atoms with E-state index in [0.717, 1.165) is 11.5 Å². The Morgan fingerprint density at radius 2 is 2.50 bits per heavy atom. The molecule has 64 valence electrons. The Morgan fingerprint density at radius 3 is 3.17 bits per heavy atom. The van der Waals surface area contributed by atoms with E-state index in [9.17, 15) is 4.79 Å². The van der Waals surface area contributed by atoms with Gasteiger partial charge in [-0.1, -0.05) is 0 Å². The lowest BCUT2D eigenvalue weighted by atomic mass is 10.4. The predicted molar refractivity (Wildman–Crippen MR) is 38.4 cm³/mol. The number of carbonyl (C=O) groups is 1. The lowest BCUT2D eigenvalue weighted by Crippen LogP contribution is -2.05. The van der Waals surface area contributed by atoms with Crippen molar-refractivity contribution in [2.45, 2.75) is 13.1 Å². The average Bonchev–Trinajstić information content (AvgIpc) is 2.60. The topological polar surface area (TPSA) is 64.4 Å². The number of oxazole rings is 1. The van der Waals surface area contributed by atoms with Gasteiger partial charge in [-0.3, -0.25) is 0 Å². The summed E-state index contributed by atoms with van der Waals surface area (Å²) in [6, 6.07) is 0. The quantitative estimate of drug-likeness (QED) is 0.601. The summed E-state index contributed by atoms with van der Waals surface area (Å²) < 4.78 is 9.59. The minimum absolute atomic E-state index is 0.0454. The van der Waals surface area contributed by atoms with Crippen molar-refractivity contribution in [3.63, 3.8) is 0 Å². The molecule has 2 heterocycles. The third kappa shape index (κ3) is 0.984. The Labute approximate surface area is 68.7 Å². The molecule has 0 saturated heterocycles. The first kappa shape index (κ1) is 7.30. The van der Waals surface area contributed by atoms with Gasteiger partial charge in [0.2, 0.25) is 0 Å². The number of nitrogens with one attached hydrogen (secondary N) is 1. The highest BCUT2D eigenvalue weighted by Gasteiger charge is 2.22. The van der Waals surface area contributed by atoms with Gasteiger partial charge in [0.15, 0.2) is 0 Å². The standard InChI is InChI=1S/C7H8N2O3/c1-11-7(10)6-9-4-2-8-3-5(4)12-6/h8H,2-3H2,1H3. The van der Waals surface area contributed by atoms with Crippen molar-refractivity contribution in [1.82, 2.24) is 10.3 Å². The van der Waals surface area contributed by atoms with Crippen LogP contribution < -0.4 is 5.32 Å². The normalized spacial score (nSPS) is 14.4. The molecule has 0 amide bonds. The average molecular weight is 168 g/mol. The van der Waals surface area contributed by atoms with Crippen LogP contribution >= 0.6 is 0 Å². The molecule has 0 spiro atoms. The fourth-order valence-electron chi connectivity index (χ4n) is 1.13. The maximum absolute atomic E-state index is 10.9. The number of methoxy groups -OCH3 is 1. The first-order chi connectivity index (χ1) is 5.81. The van der Waals surface area contributed by atoms with E-state index in [1.165, 1.54) is 7.11 Å². The summed E-state index contributed by atoms with van der Waals surface area (Å²) in [5.41, 5.74) is 0.801. The van der Waals surface area contributed by atoms with Crippen LogP contribution in [0.4, 0.5) is 0 Å². The van der Waals surface area contributed by atoms with Gasteiger partial charge in [0, 0.05) is 6.54 Å². The molecule has 1 aliphatic heterocycles. The van der Waals surface area contributed by atoms with E-state index in [1.807, 2.05) is 0 Å². The van der Waals surface area contributed by atoms with Gasteiger partial charge in [-0.25, -0.2) is 9.78 Å². The maximum Gasteiger partial charge on any atom is 0.394 e. The fourth-order valence-corrected chi connectivity index (χ4v) is 1.13. The third-order valence-corrected chi connectivity index (χ3v) is 1.72. The number of ether oxygens (including phenoxy) is 1. The molecule has 0 unspecified atom stereocenters. The second-order valence-corrected chi connectivity index (χ2v) is 2.48. The number of rotatable bonds is 1. The molecule has 1 aromatic heterocycles. The SMILES string of the molecule is COC(=O)c1nc2c(o1)CNC2. The van der Waals surface area contributed by atoms with Crippen molar-refractivity contribution < 1.29 is 13.9 Å².